The first kappa shape index (κ1) is 10.7. The van der Waals surface area contributed by atoms with Crippen molar-refractivity contribution in [3.05, 3.63) is 0 Å². The Morgan fingerprint density at radius 2 is 2.36 bits per heavy atom. The number of hydrogen-bond donors (Lipinski definition) is 3. The van der Waals surface area contributed by atoms with Gasteiger partial charge >= 0.3 is 0 Å². The number of likely N-dealkylation sites (N-methyl/N-ethyl adjacent to an activating group) is 1. The van der Waals surface area contributed by atoms with Gasteiger partial charge in [0.2, 0.25) is 5.91 Å². The van der Waals surface area contributed by atoms with Crippen molar-refractivity contribution in [2.75, 3.05) is 13.6 Å². The molecule has 1 fully saturated rings. The van der Waals surface area contributed by atoms with Gasteiger partial charge in [-0.3, -0.25) is 4.79 Å². The number of carbonyl (C=O) groups excluding carboxylic acids is 1. The highest BCUT2D eigenvalue weighted by molar-refractivity contribution is 5.85. The SMILES string of the molecule is CNC(=O)[C@@H]1C[C@@H](O)CN1.Cl. The van der Waals surface area contributed by atoms with E-state index >= 15 is 0 Å². The molecule has 3 N–H and O–H groups in total. The van der Waals surface area contributed by atoms with Gasteiger partial charge in [0.25, 0.3) is 0 Å². The van der Waals surface area contributed by atoms with Crippen molar-refractivity contribution in [2.24, 2.45) is 0 Å². The number of halogens is 1. The zero-order valence-corrected chi connectivity index (χ0v) is 7.15. The maximum absolute atomic E-state index is 10.9. The average Bonchev–Trinajstić information content (AvgIpc) is 2.34. The van der Waals surface area contributed by atoms with Gasteiger partial charge in [-0.25, -0.2) is 0 Å². The van der Waals surface area contributed by atoms with Gasteiger partial charge in [-0.05, 0) is 6.42 Å². The molecule has 11 heavy (non-hydrogen) atoms. The van der Waals surface area contributed by atoms with Crippen molar-refractivity contribution in [3.63, 3.8) is 0 Å². The fourth-order valence-corrected chi connectivity index (χ4v) is 1.09. The Kier molecular flexibility index (Phi) is 4.40. The molecule has 0 spiro atoms. The molecule has 1 rings (SSSR count). The second kappa shape index (κ2) is 4.54. The second-order valence-corrected chi connectivity index (χ2v) is 2.46. The van der Waals surface area contributed by atoms with Crippen LogP contribution in [0.15, 0.2) is 0 Å². The third-order valence-electron chi connectivity index (χ3n) is 1.67. The smallest absolute Gasteiger partial charge is 0.236 e. The van der Waals surface area contributed by atoms with Crippen LogP contribution in [0.1, 0.15) is 6.42 Å². The van der Waals surface area contributed by atoms with Gasteiger partial charge in [0, 0.05) is 13.6 Å². The van der Waals surface area contributed by atoms with Gasteiger partial charge in [-0.1, -0.05) is 0 Å². The Hall–Kier alpha value is -0.320. The number of amides is 1. The summed E-state index contributed by atoms with van der Waals surface area (Å²) in [6.45, 7) is 0.526. The van der Waals surface area contributed by atoms with Gasteiger partial charge in [0.1, 0.15) is 0 Å². The van der Waals surface area contributed by atoms with E-state index in [4.69, 9.17) is 5.11 Å². The highest BCUT2D eigenvalue weighted by Crippen LogP contribution is 2.05. The third kappa shape index (κ3) is 2.65. The lowest BCUT2D eigenvalue weighted by Crippen LogP contribution is -2.38. The van der Waals surface area contributed by atoms with Crippen molar-refractivity contribution in [1.82, 2.24) is 10.6 Å². The van der Waals surface area contributed by atoms with Gasteiger partial charge in [0.15, 0.2) is 0 Å². The molecule has 2 atom stereocenters. The number of nitrogens with one attached hydrogen (secondary N) is 2. The summed E-state index contributed by atoms with van der Waals surface area (Å²) in [7, 11) is 1.59. The third-order valence-corrected chi connectivity index (χ3v) is 1.67. The lowest BCUT2D eigenvalue weighted by molar-refractivity contribution is -0.122. The first-order valence-corrected chi connectivity index (χ1v) is 3.37. The zero-order valence-electron chi connectivity index (χ0n) is 6.33. The van der Waals surface area contributed by atoms with Crippen LogP contribution < -0.4 is 10.6 Å². The highest BCUT2D eigenvalue weighted by Gasteiger charge is 2.26. The maximum atomic E-state index is 10.9. The Labute approximate surface area is 71.8 Å². The number of aliphatic hydroxyl groups excluding tert-OH is 1. The molecular weight excluding hydrogens is 168 g/mol. The molecule has 0 aromatic heterocycles. The summed E-state index contributed by atoms with van der Waals surface area (Å²) in [6, 6.07) is -0.194. The minimum absolute atomic E-state index is 0. The summed E-state index contributed by atoms with van der Waals surface area (Å²) in [4.78, 5) is 10.9. The van der Waals surface area contributed by atoms with E-state index in [0.29, 0.717) is 13.0 Å². The van der Waals surface area contributed by atoms with E-state index in [2.05, 4.69) is 10.6 Å². The Bertz CT molecular complexity index is 143. The van der Waals surface area contributed by atoms with Crippen molar-refractivity contribution < 1.29 is 9.90 Å². The van der Waals surface area contributed by atoms with Crippen LogP contribution in [-0.2, 0) is 4.79 Å². The standard InChI is InChI=1S/C6H12N2O2.ClH/c1-7-6(10)5-2-4(9)3-8-5;/h4-5,8-9H,2-3H2,1H3,(H,7,10);1H/t4-,5+;/m1./s1. The molecule has 66 valence electrons. The fourth-order valence-electron chi connectivity index (χ4n) is 1.09. The van der Waals surface area contributed by atoms with Crippen LogP contribution in [0.4, 0.5) is 0 Å². The largest absolute Gasteiger partial charge is 0.392 e. The van der Waals surface area contributed by atoms with Crippen LogP contribution in [0.25, 0.3) is 0 Å². The predicted molar refractivity (Wildman–Crippen MR) is 43.7 cm³/mol. The quantitative estimate of drug-likeness (QED) is 0.479. The number of β-amino-alcohol motifs (C(OH)–C–C–N with tert-alkyl or cyclic N) is 1. The number of hydrogen-bond acceptors (Lipinski definition) is 3. The molecule has 5 heteroatoms. The van der Waals surface area contributed by atoms with E-state index < -0.39 is 0 Å². The number of aliphatic hydroxyl groups is 1. The average molecular weight is 181 g/mol. The van der Waals surface area contributed by atoms with Crippen molar-refractivity contribution >= 4 is 18.3 Å². The van der Waals surface area contributed by atoms with Crippen LogP contribution in [0.2, 0.25) is 0 Å². The zero-order chi connectivity index (χ0) is 7.56. The van der Waals surface area contributed by atoms with Gasteiger partial charge in [-0.15, -0.1) is 12.4 Å². The number of carbonyl (C=O) groups is 1. The monoisotopic (exact) mass is 180 g/mol. The summed E-state index contributed by atoms with van der Waals surface area (Å²) in [5, 5.41) is 14.4. The van der Waals surface area contributed by atoms with Crippen molar-refractivity contribution in [2.45, 2.75) is 18.6 Å². The molecule has 0 radical (unpaired) electrons. The lowest BCUT2D eigenvalue weighted by Gasteiger charge is -2.06. The van der Waals surface area contributed by atoms with Crippen molar-refractivity contribution in [1.29, 1.82) is 0 Å². The van der Waals surface area contributed by atoms with Crippen LogP contribution in [0.3, 0.4) is 0 Å². The van der Waals surface area contributed by atoms with E-state index in [1.165, 1.54) is 0 Å². The molecule has 0 aromatic carbocycles. The molecule has 0 aromatic rings. The molecule has 0 bridgehead atoms. The fraction of sp³-hybridized carbons (Fsp3) is 0.833. The molecule has 1 aliphatic rings. The summed E-state index contributed by atoms with van der Waals surface area (Å²) < 4.78 is 0. The molecule has 0 unspecified atom stereocenters. The van der Waals surface area contributed by atoms with E-state index in [0.717, 1.165) is 0 Å². The molecule has 1 aliphatic heterocycles. The summed E-state index contributed by atoms with van der Waals surface area (Å²) in [5.41, 5.74) is 0. The van der Waals surface area contributed by atoms with Crippen LogP contribution >= 0.6 is 12.4 Å². The minimum Gasteiger partial charge on any atom is -0.392 e. The molecule has 1 amide bonds. The molecule has 0 saturated carbocycles. The van der Waals surface area contributed by atoms with Crippen LogP contribution in [-0.4, -0.2) is 36.8 Å². The van der Waals surface area contributed by atoms with Crippen LogP contribution in [0, 0.1) is 0 Å². The lowest BCUT2D eigenvalue weighted by atomic mass is 10.2. The van der Waals surface area contributed by atoms with E-state index in [9.17, 15) is 4.79 Å². The van der Waals surface area contributed by atoms with Gasteiger partial charge in [0.05, 0.1) is 12.1 Å². The summed E-state index contributed by atoms with van der Waals surface area (Å²) in [5.74, 6) is -0.0449. The first-order chi connectivity index (χ1) is 4.74. The highest BCUT2D eigenvalue weighted by atomic mass is 35.5. The van der Waals surface area contributed by atoms with Gasteiger partial charge in [-0.2, -0.15) is 0 Å². The minimum atomic E-state index is -0.359. The van der Waals surface area contributed by atoms with E-state index in [-0.39, 0.29) is 30.5 Å². The second-order valence-electron chi connectivity index (χ2n) is 2.46. The molecule has 1 saturated heterocycles. The Balaban J connectivity index is 0.000001000. The normalized spacial score (nSPS) is 29.3. The predicted octanol–water partition coefficient (Wildman–Crippen LogP) is -1.12. The summed E-state index contributed by atoms with van der Waals surface area (Å²) in [6.07, 6.45) is 0.168. The van der Waals surface area contributed by atoms with Crippen LogP contribution in [0.5, 0.6) is 0 Å². The molecule has 0 aliphatic carbocycles. The van der Waals surface area contributed by atoms with E-state index in [1.807, 2.05) is 0 Å². The Morgan fingerprint density at radius 3 is 2.73 bits per heavy atom. The summed E-state index contributed by atoms with van der Waals surface area (Å²) >= 11 is 0. The number of rotatable bonds is 1. The van der Waals surface area contributed by atoms with E-state index in [1.54, 1.807) is 7.05 Å². The Morgan fingerprint density at radius 1 is 1.73 bits per heavy atom. The first-order valence-electron chi connectivity index (χ1n) is 3.37. The molecule has 1 heterocycles. The maximum Gasteiger partial charge on any atom is 0.236 e. The molecular formula is C6H13ClN2O2. The topological polar surface area (TPSA) is 61.4 Å². The van der Waals surface area contributed by atoms with Crippen molar-refractivity contribution in [3.8, 4) is 0 Å². The molecule has 4 nitrogen and oxygen atoms in total. The van der Waals surface area contributed by atoms with Gasteiger partial charge < -0.3 is 15.7 Å².